The Bertz CT molecular complexity index is 2340. The van der Waals surface area contributed by atoms with E-state index in [-0.39, 0.29) is 59.9 Å². The van der Waals surface area contributed by atoms with Crippen molar-refractivity contribution in [2.75, 3.05) is 47.9 Å². The second kappa shape index (κ2) is 14.4. The van der Waals surface area contributed by atoms with Crippen LogP contribution in [0.25, 0.3) is 10.9 Å². The van der Waals surface area contributed by atoms with Gasteiger partial charge in [-0.2, -0.15) is 4.98 Å². The number of benzene rings is 2. The summed E-state index contributed by atoms with van der Waals surface area (Å²) in [6, 6.07) is 11.2. The summed E-state index contributed by atoms with van der Waals surface area (Å²) in [6.45, 7) is 3.82. The lowest BCUT2D eigenvalue weighted by molar-refractivity contribution is -0.136. The van der Waals surface area contributed by atoms with Gasteiger partial charge in [-0.25, -0.2) is 4.98 Å². The smallest absolute Gasteiger partial charge is 0.293 e. The predicted molar refractivity (Wildman–Crippen MR) is 201 cm³/mol. The number of halogens is 1. The number of hydrogen-bond acceptors (Lipinski definition) is 13. The van der Waals surface area contributed by atoms with E-state index in [1.807, 2.05) is 18.2 Å². The van der Waals surface area contributed by atoms with E-state index < -0.39 is 29.7 Å². The Morgan fingerprint density at radius 1 is 0.945 bits per heavy atom. The molecule has 55 heavy (non-hydrogen) atoms. The molecule has 3 saturated heterocycles. The van der Waals surface area contributed by atoms with Crippen molar-refractivity contribution < 1.29 is 33.4 Å². The number of aryl methyl sites for hydroxylation is 1. The van der Waals surface area contributed by atoms with Crippen molar-refractivity contribution in [3.63, 3.8) is 0 Å². The normalized spacial score (nSPS) is 19.1. The summed E-state index contributed by atoms with van der Waals surface area (Å²) < 4.78 is 13.4. The number of nitrogens with zero attached hydrogens (tertiary/aromatic N) is 6. The summed E-state index contributed by atoms with van der Waals surface area (Å²) in [6.07, 6.45) is 3.34. The highest BCUT2D eigenvalue weighted by atomic mass is 35.5. The van der Waals surface area contributed by atoms with Gasteiger partial charge in [0.05, 0.1) is 35.0 Å². The molecule has 0 spiro atoms. The number of anilines is 4. The molecule has 4 aromatic rings. The molecule has 1 unspecified atom stereocenters. The van der Waals surface area contributed by atoms with Gasteiger partial charge in [-0.05, 0) is 68.7 Å². The van der Waals surface area contributed by atoms with E-state index in [4.69, 9.17) is 26.1 Å². The first-order valence-corrected chi connectivity index (χ1v) is 18.4. The first kappa shape index (κ1) is 36.1. The second-order valence-corrected chi connectivity index (χ2v) is 14.6. The molecule has 0 bridgehead atoms. The number of hydrogen-bond donors (Lipinski definition) is 2. The van der Waals surface area contributed by atoms with Crippen LogP contribution in [-0.4, -0.2) is 99.9 Å². The van der Waals surface area contributed by atoms with Crippen LogP contribution < -0.4 is 30.7 Å². The van der Waals surface area contributed by atoms with E-state index in [9.17, 15) is 28.8 Å². The number of carbonyl (C=O) groups excluding carboxylic acids is 5. The van der Waals surface area contributed by atoms with Crippen LogP contribution in [0.5, 0.6) is 5.75 Å². The summed E-state index contributed by atoms with van der Waals surface area (Å²) in [7, 11) is 1.65. The molecule has 8 rings (SSSR count). The van der Waals surface area contributed by atoms with Gasteiger partial charge in [-0.3, -0.25) is 39.0 Å². The molecule has 0 radical (unpaired) electrons. The monoisotopic (exact) mass is 768 g/mol. The van der Waals surface area contributed by atoms with Crippen LogP contribution >= 0.6 is 11.6 Å². The number of ether oxygens (including phenoxy) is 2. The van der Waals surface area contributed by atoms with Crippen LogP contribution in [0.2, 0.25) is 5.02 Å². The highest BCUT2D eigenvalue weighted by Gasteiger charge is 2.45. The van der Waals surface area contributed by atoms with Gasteiger partial charge in [0.15, 0.2) is 17.4 Å². The fourth-order valence-corrected chi connectivity index (χ4v) is 7.54. The number of fused-ring (bicyclic) bond motifs is 2. The van der Waals surface area contributed by atoms with Crippen molar-refractivity contribution in [3.8, 4) is 5.75 Å². The molecule has 4 aliphatic heterocycles. The highest BCUT2D eigenvalue weighted by molar-refractivity contribution is 6.33. The lowest BCUT2D eigenvalue weighted by Gasteiger charge is -2.43. The van der Waals surface area contributed by atoms with Crippen LogP contribution in [0.4, 0.5) is 23.1 Å². The number of nitrogens with one attached hydrogen (secondary N) is 2. The summed E-state index contributed by atoms with van der Waals surface area (Å²) in [5.41, 5.74) is 2.34. The van der Waals surface area contributed by atoms with E-state index in [1.54, 1.807) is 37.5 Å². The molecule has 4 aliphatic rings. The van der Waals surface area contributed by atoms with Gasteiger partial charge in [0.2, 0.25) is 17.8 Å². The summed E-state index contributed by atoms with van der Waals surface area (Å²) in [5, 5.41) is 6.55. The third-order valence-electron chi connectivity index (χ3n) is 10.4. The van der Waals surface area contributed by atoms with Crippen molar-refractivity contribution in [2.24, 2.45) is 7.05 Å². The fourth-order valence-electron chi connectivity index (χ4n) is 7.40. The summed E-state index contributed by atoms with van der Waals surface area (Å²) >= 11 is 6.51. The molecular formula is C38H37ClN8O8. The molecule has 3 fully saturated rings. The SMILES string of the molecule is CC(=O)COc1cc2cc(Nc3nc(N4CCC(OC5CN(c6ccc7c(c6)C(=O)N(C6CCC(=O)NC6=O)C7=O)C5)CC4)ncc3Cl)ccc2n(C)c1=O. The number of rotatable bonds is 10. The van der Waals surface area contributed by atoms with E-state index in [0.717, 1.165) is 28.8 Å². The highest BCUT2D eigenvalue weighted by Crippen LogP contribution is 2.34. The Morgan fingerprint density at radius 2 is 1.71 bits per heavy atom. The molecular weight excluding hydrogens is 732 g/mol. The van der Waals surface area contributed by atoms with Gasteiger partial charge in [-0.15, -0.1) is 0 Å². The lowest BCUT2D eigenvalue weighted by atomic mass is 10.0. The van der Waals surface area contributed by atoms with E-state index in [1.165, 1.54) is 11.5 Å². The maximum absolute atomic E-state index is 13.2. The summed E-state index contributed by atoms with van der Waals surface area (Å²) in [4.78, 5) is 88.7. The molecule has 2 N–H and O–H groups in total. The Kier molecular flexibility index (Phi) is 9.47. The van der Waals surface area contributed by atoms with Crippen LogP contribution in [-0.2, 0) is 26.2 Å². The third-order valence-corrected chi connectivity index (χ3v) is 10.6. The average Bonchev–Trinajstić information content (AvgIpc) is 3.39. The zero-order valence-electron chi connectivity index (χ0n) is 30.0. The number of Topliss-reactive ketones (excluding diaryl/α,β-unsaturated/α-hetero) is 1. The number of imide groups is 2. The first-order chi connectivity index (χ1) is 26.4. The van der Waals surface area contributed by atoms with Gasteiger partial charge >= 0.3 is 0 Å². The van der Waals surface area contributed by atoms with Crippen LogP contribution in [0.15, 0.2) is 53.5 Å². The van der Waals surface area contributed by atoms with Crippen LogP contribution in [0.1, 0.15) is 53.3 Å². The summed E-state index contributed by atoms with van der Waals surface area (Å²) in [5.74, 6) is -1.24. The number of piperidine rings is 2. The Balaban J connectivity index is 0.852. The molecule has 0 aliphatic carbocycles. The van der Waals surface area contributed by atoms with Crippen molar-refractivity contribution in [1.29, 1.82) is 0 Å². The number of pyridine rings is 1. The average molecular weight is 769 g/mol. The molecule has 2 aromatic heterocycles. The number of amides is 4. The molecule has 2 aromatic carbocycles. The van der Waals surface area contributed by atoms with Gasteiger partial charge in [0, 0.05) is 56.4 Å². The van der Waals surface area contributed by atoms with E-state index in [2.05, 4.69) is 25.4 Å². The molecule has 1 atom stereocenters. The quantitative estimate of drug-likeness (QED) is 0.225. The Hall–Kier alpha value is -5.87. The third kappa shape index (κ3) is 6.98. The van der Waals surface area contributed by atoms with Crippen molar-refractivity contribution in [2.45, 2.75) is 50.9 Å². The maximum atomic E-state index is 13.2. The number of aromatic nitrogens is 3. The van der Waals surface area contributed by atoms with E-state index >= 15 is 0 Å². The minimum atomic E-state index is -1.00. The lowest BCUT2D eigenvalue weighted by Crippen LogP contribution is -2.54. The number of carbonyl (C=O) groups is 5. The van der Waals surface area contributed by atoms with Crippen molar-refractivity contribution >= 4 is 75.1 Å². The molecule has 16 nitrogen and oxygen atoms in total. The molecule has 4 amide bonds. The van der Waals surface area contributed by atoms with Gasteiger partial charge < -0.3 is 29.2 Å². The fraction of sp³-hybridized carbons (Fsp3) is 0.368. The minimum absolute atomic E-state index is 0.00541. The number of ketones is 1. The van der Waals surface area contributed by atoms with Crippen LogP contribution in [0.3, 0.4) is 0 Å². The molecule has 0 saturated carbocycles. The maximum Gasteiger partial charge on any atom is 0.293 e. The Labute approximate surface area is 319 Å². The molecule has 284 valence electrons. The zero-order chi connectivity index (χ0) is 38.5. The van der Waals surface area contributed by atoms with Gasteiger partial charge in [0.1, 0.15) is 17.7 Å². The van der Waals surface area contributed by atoms with Crippen molar-refractivity contribution in [3.05, 3.63) is 75.2 Å². The second-order valence-electron chi connectivity index (χ2n) is 14.2. The van der Waals surface area contributed by atoms with Gasteiger partial charge in [0.25, 0.3) is 17.4 Å². The molecule has 6 heterocycles. The minimum Gasteiger partial charge on any atom is -0.480 e. The van der Waals surface area contributed by atoms with Gasteiger partial charge in [-0.1, -0.05) is 11.6 Å². The first-order valence-electron chi connectivity index (χ1n) is 18.0. The topological polar surface area (TPSA) is 185 Å². The largest absolute Gasteiger partial charge is 0.480 e. The van der Waals surface area contributed by atoms with Crippen LogP contribution in [0, 0.1) is 0 Å². The Morgan fingerprint density at radius 3 is 2.45 bits per heavy atom. The predicted octanol–water partition coefficient (Wildman–Crippen LogP) is 2.97. The van der Waals surface area contributed by atoms with Crippen molar-refractivity contribution in [1.82, 2.24) is 24.8 Å². The molecule has 17 heteroatoms. The van der Waals surface area contributed by atoms with E-state index in [0.29, 0.717) is 54.2 Å². The zero-order valence-corrected chi connectivity index (χ0v) is 30.8. The standard InChI is InChI=1S/C38H37ClN8O8/c1-20(48)19-54-31-14-21-13-22(3-6-29(21)44(2)37(31)53)41-33-28(39)16-40-38(43-33)45-11-9-24(10-12-45)55-25-17-46(18-25)23-4-5-26-27(15-23)36(52)47(35(26)51)30-7-8-32(49)42-34(30)50/h3-6,13-16,24-25,30H,7-12,17-19H2,1-2H3,(H,40,41,43)(H,42,49,50).